The summed E-state index contributed by atoms with van der Waals surface area (Å²) >= 11 is 0. The highest BCUT2D eigenvalue weighted by molar-refractivity contribution is 7.92. The molecule has 122 valence electrons. The first kappa shape index (κ1) is 16.8. The molecule has 1 amide bonds. The molecule has 0 aromatic heterocycles. The Morgan fingerprint density at radius 1 is 1.14 bits per heavy atom. The fourth-order valence-electron chi connectivity index (χ4n) is 2.82. The Hall–Kier alpha value is -1.56. The highest BCUT2D eigenvalue weighted by Gasteiger charge is 2.22. The highest BCUT2D eigenvalue weighted by atomic mass is 32.2. The van der Waals surface area contributed by atoms with E-state index in [1.165, 1.54) is 12.8 Å². The molecule has 6 heteroatoms. The fraction of sp³-hybridized carbons (Fsp3) is 0.562. The molecule has 0 unspecified atom stereocenters. The van der Waals surface area contributed by atoms with E-state index >= 15 is 0 Å². The molecule has 1 aliphatic rings. The molecule has 5 nitrogen and oxygen atoms in total. The Balaban J connectivity index is 2.02. The molecule has 0 bridgehead atoms. The average molecular weight is 324 g/mol. The minimum Gasteiger partial charge on any atom is -0.352 e. The maximum atomic E-state index is 12.2. The molecule has 1 aliphatic carbocycles. The number of nitrogens with zero attached hydrogens (tertiary/aromatic N) is 1. The summed E-state index contributed by atoms with van der Waals surface area (Å²) < 4.78 is 25.1. The molecule has 22 heavy (non-hydrogen) atoms. The zero-order chi connectivity index (χ0) is 16.0. The molecule has 1 aromatic rings. The van der Waals surface area contributed by atoms with Crippen LogP contribution in [0.2, 0.25) is 0 Å². The summed E-state index contributed by atoms with van der Waals surface area (Å²) in [6, 6.07) is 8.90. The molecule has 0 radical (unpaired) electrons. The number of sulfonamides is 1. The van der Waals surface area contributed by atoms with Gasteiger partial charge in [-0.3, -0.25) is 9.10 Å². The number of carbonyl (C=O) groups is 1. The Morgan fingerprint density at radius 3 is 2.27 bits per heavy atom. The van der Waals surface area contributed by atoms with Crippen LogP contribution in [0, 0.1) is 0 Å². The van der Waals surface area contributed by atoms with Gasteiger partial charge in [-0.2, -0.15) is 0 Å². The second kappa shape index (κ2) is 7.63. The third-order valence-electron chi connectivity index (χ3n) is 3.95. The standard InChI is InChI=1S/C16H24N2O3S/c1-22(20,21)18(15-11-7-4-8-12-15)13-16(19)17-14-9-5-2-3-6-10-14/h4,7-8,11-12,14H,2-3,5-6,9-10,13H2,1H3,(H,17,19). The normalized spacial score (nSPS) is 16.8. The number of benzene rings is 1. The van der Waals surface area contributed by atoms with Crippen molar-refractivity contribution in [2.75, 3.05) is 17.1 Å². The number of nitrogens with one attached hydrogen (secondary N) is 1. The van der Waals surface area contributed by atoms with E-state index in [0.717, 1.165) is 36.2 Å². The van der Waals surface area contributed by atoms with Gasteiger partial charge < -0.3 is 5.32 Å². The molecule has 0 aliphatic heterocycles. The molecule has 1 aromatic carbocycles. The van der Waals surface area contributed by atoms with Gasteiger partial charge in [-0.15, -0.1) is 0 Å². The van der Waals surface area contributed by atoms with Crippen molar-refractivity contribution >= 4 is 21.6 Å². The first-order valence-corrected chi connectivity index (χ1v) is 9.64. The average Bonchev–Trinajstić information content (AvgIpc) is 2.73. The van der Waals surface area contributed by atoms with Crippen molar-refractivity contribution in [1.82, 2.24) is 5.32 Å². The number of amides is 1. The number of hydrogen-bond acceptors (Lipinski definition) is 3. The Labute approximate surface area is 132 Å². The van der Waals surface area contributed by atoms with Gasteiger partial charge in [0.25, 0.3) is 0 Å². The lowest BCUT2D eigenvalue weighted by Crippen LogP contribution is -2.44. The van der Waals surface area contributed by atoms with Crippen LogP contribution in [0.1, 0.15) is 38.5 Å². The van der Waals surface area contributed by atoms with E-state index in [9.17, 15) is 13.2 Å². The van der Waals surface area contributed by atoms with E-state index in [-0.39, 0.29) is 18.5 Å². The minimum atomic E-state index is -3.49. The molecule has 0 spiro atoms. The zero-order valence-corrected chi connectivity index (χ0v) is 13.8. The van der Waals surface area contributed by atoms with Crippen molar-refractivity contribution in [2.24, 2.45) is 0 Å². The third kappa shape index (κ3) is 5.02. The maximum absolute atomic E-state index is 12.2. The molecule has 1 saturated carbocycles. The van der Waals surface area contributed by atoms with Gasteiger partial charge in [0.15, 0.2) is 0 Å². The van der Waals surface area contributed by atoms with Crippen LogP contribution in [0.3, 0.4) is 0 Å². The van der Waals surface area contributed by atoms with E-state index in [1.807, 2.05) is 6.07 Å². The fourth-order valence-corrected chi connectivity index (χ4v) is 3.68. The monoisotopic (exact) mass is 324 g/mol. The van der Waals surface area contributed by atoms with Crippen molar-refractivity contribution in [3.8, 4) is 0 Å². The second-order valence-corrected chi connectivity index (χ2v) is 7.77. The topological polar surface area (TPSA) is 66.5 Å². The van der Waals surface area contributed by atoms with Gasteiger partial charge in [-0.1, -0.05) is 43.9 Å². The van der Waals surface area contributed by atoms with Crippen LogP contribution >= 0.6 is 0 Å². The molecule has 2 rings (SSSR count). The molecule has 1 fully saturated rings. The second-order valence-electron chi connectivity index (χ2n) is 5.86. The lowest BCUT2D eigenvalue weighted by Gasteiger charge is -2.23. The van der Waals surface area contributed by atoms with Crippen LogP contribution in [0.25, 0.3) is 0 Å². The number of anilines is 1. The summed E-state index contributed by atoms with van der Waals surface area (Å²) in [6.45, 7) is -0.167. The van der Waals surface area contributed by atoms with Crippen LogP contribution in [-0.4, -0.2) is 33.2 Å². The Morgan fingerprint density at radius 2 is 1.73 bits per heavy atom. The van der Waals surface area contributed by atoms with E-state index < -0.39 is 10.0 Å². The summed E-state index contributed by atoms with van der Waals surface area (Å²) in [5.41, 5.74) is 0.515. The van der Waals surface area contributed by atoms with E-state index in [4.69, 9.17) is 0 Å². The van der Waals surface area contributed by atoms with Crippen LogP contribution in [0.5, 0.6) is 0 Å². The summed E-state index contributed by atoms with van der Waals surface area (Å²) in [6.07, 6.45) is 7.77. The molecular weight excluding hydrogens is 300 g/mol. The third-order valence-corrected chi connectivity index (χ3v) is 5.09. The van der Waals surface area contributed by atoms with Crippen molar-refractivity contribution in [2.45, 2.75) is 44.6 Å². The molecule has 1 N–H and O–H groups in total. The summed E-state index contributed by atoms with van der Waals surface area (Å²) in [7, 11) is -3.49. The highest BCUT2D eigenvalue weighted by Crippen LogP contribution is 2.18. The lowest BCUT2D eigenvalue weighted by atomic mass is 10.1. The molecule has 0 heterocycles. The predicted octanol–water partition coefficient (Wildman–Crippen LogP) is 2.29. The van der Waals surface area contributed by atoms with Crippen LogP contribution in [-0.2, 0) is 14.8 Å². The van der Waals surface area contributed by atoms with Gasteiger partial charge in [-0.05, 0) is 25.0 Å². The quantitative estimate of drug-likeness (QED) is 0.845. The van der Waals surface area contributed by atoms with E-state index in [0.29, 0.717) is 5.69 Å². The number of hydrogen-bond donors (Lipinski definition) is 1. The predicted molar refractivity (Wildman–Crippen MR) is 88.3 cm³/mol. The van der Waals surface area contributed by atoms with Crippen molar-refractivity contribution in [3.63, 3.8) is 0 Å². The zero-order valence-electron chi connectivity index (χ0n) is 13.0. The van der Waals surface area contributed by atoms with Crippen LogP contribution in [0.4, 0.5) is 5.69 Å². The van der Waals surface area contributed by atoms with E-state index in [1.54, 1.807) is 24.3 Å². The van der Waals surface area contributed by atoms with Gasteiger partial charge in [0.05, 0.1) is 11.9 Å². The summed E-state index contributed by atoms with van der Waals surface area (Å²) in [5.74, 6) is -0.235. The smallest absolute Gasteiger partial charge is 0.240 e. The Bertz CT molecular complexity index is 579. The largest absolute Gasteiger partial charge is 0.352 e. The Kier molecular flexibility index (Phi) is 5.83. The SMILES string of the molecule is CS(=O)(=O)N(CC(=O)NC1CCCCCC1)c1ccccc1. The van der Waals surface area contributed by atoms with Crippen molar-refractivity contribution in [1.29, 1.82) is 0 Å². The lowest BCUT2D eigenvalue weighted by molar-refractivity contribution is -0.120. The van der Waals surface area contributed by atoms with Gasteiger partial charge >= 0.3 is 0 Å². The summed E-state index contributed by atoms with van der Waals surface area (Å²) in [4.78, 5) is 12.2. The number of carbonyl (C=O) groups excluding carboxylic acids is 1. The first-order chi connectivity index (χ1) is 10.5. The molecular formula is C16H24N2O3S. The van der Waals surface area contributed by atoms with Gasteiger partial charge in [0.1, 0.15) is 6.54 Å². The maximum Gasteiger partial charge on any atom is 0.240 e. The van der Waals surface area contributed by atoms with E-state index in [2.05, 4.69) is 5.32 Å². The number of para-hydroxylation sites is 1. The van der Waals surface area contributed by atoms with Crippen molar-refractivity contribution in [3.05, 3.63) is 30.3 Å². The van der Waals surface area contributed by atoms with Crippen LogP contribution in [0.15, 0.2) is 30.3 Å². The molecule has 0 atom stereocenters. The van der Waals surface area contributed by atoms with Gasteiger partial charge in [-0.25, -0.2) is 8.42 Å². The van der Waals surface area contributed by atoms with Gasteiger partial charge in [0, 0.05) is 6.04 Å². The number of rotatable bonds is 5. The minimum absolute atomic E-state index is 0.167. The summed E-state index contributed by atoms with van der Waals surface area (Å²) in [5, 5.41) is 2.99. The van der Waals surface area contributed by atoms with Gasteiger partial charge in [0.2, 0.25) is 15.9 Å². The molecule has 0 saturated heterocycles. The first-order valence-electron chi connectivity index (χ1n) is 7.79. The van der Waals surface area contributed by atoms with Crippen LogP contribution < -0.4 is 9.62 Å². The van der Waals surface area contributed by atoms with Crippen molar-refractivity contribution < 1.29 is 13.2 Å².